The van der Waals surface area contributed by atoms with Crippen LogP contribution in [0.2, 0.25) is 0 Å². The molecule has 1 aliphatic heterocycles. The maximum absolute atomic E-state index is 10.4. The van der Waals surface area contributed by atoms with Crippen LogP contribution in [0.15, 0.2) is 24.3 Å². The monoisotopic (exact) mass is 382 g/mol. The SMILES string of the molecule is C=C(CC1C(C(=C)C)CCC2(C)OC12)C1CCC(C)(O)C(Br)C1. The highest BCUT2D eigenvalue weighted by atomic mass is 79.9. The lowest BCUT2D eigenvalue weighted by molar-refractivity contribution is 0.0207. The van der Waals surface area contributed by atoms with E-state index < -0.39 is 5.60 Å². The number of alkyl halides is 1. The summed E-state index contributed by atoms with van der Waals surface area (Å²) in [5, 5.41) is 10.4. The van der Waals surface area contributed by atoms with Crippen LogP contribution < -0.4 is 0 Å². The third kappa shape index (κ3) is 3.34. The molecule has 2 saturated carbocycles. The molecule has 0 bridgehead atoms. The van der Waals surface area contributed by atoms with Crippen molar-refractivity contribution in [1.82, 2.24) is 0 Å². The molecular formula is C20H31BrO2. The summed E-state index contributed by atoms with van der Waals surface area (Å²) < 4.78 is 6.07. The zero-order valence-corrected chi connectivity index (χ0v) is 16.4. The van der Waals surface area contributed by atoms with Gasteiger partial charge in [-0.15, -0.1) is 0 Å². The summed E-state index contributed by atoms with van der Waals surface area (Å²) >= 11 is 3.68. The average molecular weight is 383 g/mol. The van der Waals surface area contributed by atoms with Gasteiger partial charge in [0, 0.05) is 4.83 Å². The van der Waals surface area contributed by atoms with Crippen molar-refractivity contribution in [3.05, 3.63) is 24.3 Å². The van der Waals surface area contributed by atoms with Crippen LogP contribution in [0.3, 0.4) is 0 Å². The minimum absolute atomic E-state index is 0.116. The summed E-state index contributed by atoms with van der Waals surface area (Å²) in [6.07, 6.45) is 6.67. The molecule has 0 aromatic rings. The highest BCUT2D eigenvalue weighted by Gasteiger charge is 2.60. The lowest BCUT2D eigenvalue weighted by Gasteiger charge is -2.40. The van der Waals surface area contributed by atoms with Gasteiger partial charge in [-0.1, -0.05) is 40.2 Å². The van der Waals surface area contributed by atoms with E-state index in [1.807, 2.05) is 6.92 Å². The Labute approximate surface area is 149 Å². The predicted molar refractivity (Wildman–Crippen MR) is 98.7 cm³/mol. The van der Waals surface area contributed by atoms with Crippen molar-refractivity contribution in [1.29, 1.82) is 0 Å². The van der Waals surface area contributed by atoms with Crippen molar-refractivity contribution in [3.63, 3.8) is 0 Å². The van der Waals surface area contributed by atoms with Crippen molar-refractivity contribution in [2.75, 3.05) is 0 Å². The van der Waals surface area contributed by atoms with E-state index in [1.165, 1.54) is 17.6 Å². The van der Waals surface area contributed by atoms with Crippen LogP contribution in [-0.2, 0) is 4.74 Å². The largest absolute Gasteiger partial charge is 0.389 e. The quantitative estimate of drug-likeness (QED) is 0.421. The van der Waals surface area contributed by atoms with Gasteiger partial charge in [-0.05, 0) is 77.0 Å². The maximum Gasteiger partial charge on any atom is 0.0923 e. The first kappa shape index (κ1) is 17.7. The number of halogens is 1. The zero-order valence-electron chi connectivity index (χ0n) is 14.8. The van der Waals surface area contributed by atoms with E-state index in [4.69, 9.17) is 4.74 Å². The molecular weight excluding hydrogens is 352 g/mol. The highest BCUT2D eigenvalue weighted by Crippen LogP contribution is 2.56. The van der Waals surface area contributed by atoms with Crippen LogP contribution in [0, 0.1) is 17.8 Å². The number of rotatable bonds is 4. The summed E-state index contributed by atoms with van der Waals surface area (Å²) in [4.78, 5) is 0.163. The first-order valence-electron chi connectivity index (χ1n) is 9.01. The molecule has 3 fully saturated rings. The third-order valence-electron chi connectivity index (χ3n) is 6.67. The first-order chi connectivity index (χ1) is 10.6. The number of allylic oxidation sites excluding steroid dienone is 2. The molecule has 0 spiro atoms. The molecule has 1 heterocycles. The Balaban J connectivity index is 1.65. The van der Waals surface area contributed by atoms with E-state index >= 15 is 0 Å². The molecule has 3 rings (SSSR count). The van der Waals surface area contributed by atoms with E-state index in [-0.39, 0.29) is 10.4 Å². The van der Waals surface area contributed by atoms with Gasteiger partial charge in [0.2, 0.25) is 0 Å². The number of ether oxygens (including phenoxy) is 1. The summed E-state index contributed by atoms with van der Waals surface area (Å²) in [5.74, 6) is 1.62. The van der Waals surface area contributed by atoms with Gasteiger partial charge in [0.25, 0.3) is 0 Å². The Bertz CT molecular complexity index is 512. The van der Waals surface area contributed by atoms with Crippen LogP contribution in [0.1, 0.15) is 59.3 Å². The van der Waals surface area contributed by atoms with Crippen LogP contribution in [-0.4, -0.2) is 27.2 Å². The summed E-state index contributed by atoms with van der Waals surface area (Å²) in [6.45, 7) is 15.0. The lowest BCUT2D eigenvalue weighted by Crippen LogP contribution is -2.41. The molecule has 0 aromatic heterocycles. The molecule has 0 amide bonds. The predicted octanol–water partition coefficient (Wildman–Crippen LogP) is 5.01. The average Bonchev–Trinajstić information content (AvgIpc) is 3.14. The fourth-order valence-electron chi connectivity index (χ4n) is 4.81. The van der Waals surface area contributed by atoms with Gasteiger partial charge in [0.15, 0.2) is 0 Å². The third-order valence-corrected chi connectivity index (χ3v) is 8.03. The second-order valence-corrected chi connectivity index (χ2v) is 9.77. The molecule has 7 unspecified atom stereocenters. The fourth-order valence-corrected chi connectivity index (χ4v) is 5.49. The highest BCUT2D eigenvalue weighted by molar-refractivity contribution is 9.09. The normalized spacial score (nSPS) is 49.3. The Morgan fingerprint density at radius 2 is 1.96 bits per heavy atom. The Kier molecular flexibility index (Phi) is 4.61. The van der Waals surface area contributed by atoms with E-state index in [1.54, 1.807) is 0 Å². The van der Waals surface area contributed by atoms with Gasteiger partial charge in [-0.25, -0.2) is 0 Å². The Morgan fingerprint density at radius 3 is 2.57 bits per heavy atom. The van der Waals surface area contributed by atoms with Gasteiger partial charge >= 0.3 is 0 Å². The molecule has 1 N–H and O–H groups in total. The number of hydrogen-bond acceptors (Lipinski definition) is 2. The van der Waals surface area contributed by atoms with Crippen LogP contribution in [0.5, 0.6) is 0 Å². The number of epoxide rings is 1. The van der Waals surface area contributed by atoms with Gasteiger partial charge in [0.05, 0.1) is 17.3 Å². The molecule has 1 saturated heterocycles. The number of fused-ring (bicyclic) bond motifs is 1. The molecule has 130 valence electrons. The van der Waals surface area contributed by atoms with Crippen molar-refractivity contribution in [2.24, 2.45) is 17.8 Å². The topological polar surface area (TPSA) is 32.8 Å². The first-order valence-corrected chi connectivity index (χ1v) is 9.93. The molecule has 3 aliphatic rings. The maximum atomic E-state index is 10.4. The fraction of sp³-hybridized carbons (Fsp3) is 0.800. The summed E-state index contributed by atoms with van der Waals surface area (Å²) in [6, 6.07) is 0. The lowest BCUT2D eigenvalue weighted by atomic mass is 9.67. The molecule has 23 heavy (non-hydrogen) atoms. The van der Waals surface area contributed by atoms with E-state index in [0.29, 0.717) is 23.9 Å². The minimum Gasteiger partial charge on any atom is -0.389 e. The standard InChI is InChI=1S/C20H31BrO2/c1-12(2)15-7-9-20(5)18(23-20)16(15)10-13(3)14-6-8-19(4,22)17(21)11-14/h14-18,22H,1,3,6-11H2,2,4-5H3. The van der Waals surface area contributed by atoms with Crippen LogP contribution >= 0.6 is 15.9 Å². The van der Waals surface area contributed by atoms with Gasteiger partial charge < -0.3 is 9.84 Å². The van der Waals surface area contributed by atoms with E-state index in [9.17, 15) is 5.11 Å². The van der Waals surface area contributed by atoms with Crippen molar-refractivity contribution in [2.45, 2.75) is 81.4 Å². The molecule has 0 aromatic carbocycles. The molecule has 2 nitrogen and oxygen atoms in total. The Morgan fingerprint density at radius 1 is 1.26 bits per heavy atom. The van der Waals surface area contributed by atoms with Crippen molar-refractivity contribution in [3.8, 4) is 0 Å². The number of aliphatic hydroxyl groups is 1. The molecule has 7 atom stereocenters. The van der Waals surface area contributed by atoms with Crippen LogP contribution in [0.4, 0.5) is 0 Å². The minimum atomic E-state index is -0.583. The van der Waals surface area contributed by atoms with Gasteiger partial charge in [0.1, 0.15) is 0 Å². The summed E-state index contributed by atoms with van der Waals surface area (Å²) in [7, 11) is 0. The van der Waals surface area contributed by atoms with E-state index in [0.717, 1.165) is 32.1 Å². The Hall–Kier alpha value is -0.120. The van der Waals surface area contributed by atoms with Crippen molar-refractivity contribution >= 4 is 15.9 Å². The van der Waals surface area contributed by atoms with E-state index in [2.05, 4.69) is 42.9 Å². The van der Waals surface area contributed by atoms with Gasteiger partial charge in [-0.2, -0.15) is 0 Å². The van der Waals surface area contributed by atoms with Gasteiger partial charge in [-0.3, -0.25) is 0 Å². The summed E-state index contributed by atoms with van der Waals surface area (Å²) in [5.41, 5.74) is 2.18. The zero-order chi connectivity index (χ0) is 17.0. The van der Waals surface area contributed by atoms with Crippen LogP contribution in [0.25, 0.3) is 0 Å². The molecule has 2 aliphatic carbocycles. The van der Waals surface area contributed by atoms with Crippen molar-refractivity contribution < 1.29 is 9.84 Å². The second-order valence-electron chi connectivity index (χ2n) is 8.66. The number of hydrogen-bond donors (Lipinski definition) is 1. The second kappa shape index (κ2) is 6.00. The smallest absolute Gasteiger partial charge is 0.0923 e. The molecule has 0 radical (unpaired) electrons. The molecule has 3 heteroatoms.